The largest absolute Gasteiger partial charge is 0.495 e. The van der Waals surface area contributed by atoms with Crippen molar-refractivity contribution in [1.82, 2.24) is 0 Å². The molecule has 1 heterocycles. The first-order valence-electron chi connectivity index (χ1n) is 4.47. The van der Waals surface area contributed by atoms with E-state index in [1.807, 2.05) is 0 Å². The van der Waals surface area contributed by atoms with Crippen LogP contribution in [-0.2, 0) is 0 Å². The zero-order chi connectivity index (χ0) is 11.7. The van der Waals surface area contributed by atoms with Crippen LogP contribution in [0.1, 0.15) is 10.4 Å². The summed E-state index contributed by atoms with van der Waals surface area (Å²) in [6, 6.07) is 5.47. The average Bonchev–Trinajstić information content (AvgIpc) is 2.26. The molecule has 2 aromatic rings. The fraction of sp³-hybridized carbons (Fsp3) is 0.0909. The van der Waals surface area contributed by atoms with Gasteiger partial charge in [0, 0.05) is 6.07 Å². The lowest BCUT2D eigenvalue weighted by Gasteiger charge is -2.07. The van der Waals surface area contributed by atoms with Crippen molar-refractivity contribution >= 4 is 16.9 Å². The highest BCUT2D eigenvalue weighted by Gasteiger charge is 2.14. The van der Waals surface area contributed by atoms with Crippen LogP contribution in [0.5, 0.6) is 5.75 Å². The number of carbonyl (C=O) groups is 1. The number of aromatic carboxylic acids is 1. The summed E-state index contributed by atoms with van der Waals surface area (Å²) in [5.41, 5.74) is -0.157. The highest BCUT2D eigenvalue weighted by atomic mass is 16.5. The molecular formula is C11H8O5. The Hall–Kier alpha value is -2.30. The van der Waals surface area contributed by atoms with Crippen LogP contribution in [0.25, 0.3) is 11.0 Å². The van der Waals surface area contributed by atoms with Gasteiger partial charge in [0.1, 0.15) is 16.9 Å². The summed E-state index contributed by atoms with van der Waals surface area (Å²) in [7, 11) is 1.37. The van der Waals surface area contributed by atoms with Gasteiger partial charge in [-0.05, 0) is 18.2 Å². The van der Waals surface area contributed by atoms with Crippen molar-refractivity contribution in [3.8, 4) is 5.75 Å². The zero-order valence-electron chi connectivity index (χ0n) is 8.39. The number of carboxylic acid groups (broad SMARTS) is 1. The van der Waals surface area contributed by atoms with E-state index in [1.165, 1.54) is 31.4 Å². The molecule has 1 aromatic heterocycles. The van der Waals surface area contributed by atoms with E-state index >= 15 is 0 Å². The summed E-state index contributed by atoms with van der Waals surface area (Å²) in [5.74, 6) is -0.904. The zero-order valence-corrected chi connectivity index (χ0v) is 8.39. The molecule has 2 rings (SSSR count). The molecule has 0 atom stereocenters. The van der Waals surface area contributed by atoms with Gasteiger partial charge in [-0.25, -0.2) is 9.59 Å². The molecule has 82 valence electrons. The molecule has 0 aliphatic heterocycles. The van der Waals surface area contributed by atoms with Crippen molar-refractivity contribution in [2.45, 2.75) is 0 Å². The number of benzene rings is 1. The summed E-state index contributed by atoms with van der Waals surface area (Å²) in [6.45, 7) is 0. The van der Waals surface area contributed by atoms with Gasteiger partial charge in [0.2, 0.25) is 0 Å². The smallest absolute Gasteiger partial charge is 0.339 e. The normalized spacial score (nSPS) is 10.3. The molecule has 0 radical (unpaired) electrons. The standard InChI is InChI=1S/C11H8O5/c1-15-10-6-3-5-9(12)16-8(6)4-2-7(10)11(13)14/h2-5H,1H3,(H,13,14). The minimum absolute atomic E-state index is 0.0313. The Morgan fingerprint density at radius 2 is 2.06 bits per heavy atom. The SMILES string of the molecule is COc1c(C(=O)O)ccc2oc(=O)ccc12. The number of carboxylic acids is 1. The molecule has 0 saturated heterocycles. The van der Waals surface area contributed by atoms with Crippen molar-refractivity contribution in [3.05, 3.63) is 40.2 Å². The third-order valence-electron chi connectivity index (χ3n) is 2.19. The number of fused-ring (bicyclic) bond motifs is 1. The number of ether oxygens (including phenoxy) is 1. The summed E-state index contributed by atoms with van der Waals surface area (Å²) in [6.07, 6.45) is 0. The summed E-state index contributed by atoms with van der Waals surface area (Å²) in [4.78, 5) is 21.9. The second kappa shape index (κ2) is 3.69. The van der Waals surface area contributed by atoms with Gasteiger partial charge in [0.05, 0.1) is 12.5 Å². The maximum Gasteiger partial charge on any atom is 0.339 e. The second-order valence-electron chi connectivity index (χ2n) is 3.12. The fourth-order valence-corrected chi connectivity index (χ4v) is 1.51. The van der Waals surface area contributed by atoms with Gasteiger partial charge in [-0.1, -0.05) is 0 Å². The molecule has 0 fully saturated rings. The molecule has 0 saturated carbocycles. The Morgan fingerprint density at radius 3 is 2.69 bits per heavy atom. The van der Waals surface area contributed by atoms with Gasteiger partial charge in [0.15, 0.2) is 0 Å². The molecule has 0 aliphatic carbocycles. The number of hydrogen-bond donors (Lipinski definition) is 1. The van der Waals surface area contributed by atoms with Crippen LogP contribution >= 0.6 is 0 Å². The van der Waals surface area contributed by atoms with Crippen molar-refractivity contribution in [2.24, 2.45) is 0 Å². The molecule has 0 amide bonds. The quantitative estimate of drug-likeness (QED) is 0.776. The summed E-state index contributed by atoms with van der Waals surface area (Å²) in [5, 5.41) is 9.40. The second-order valence-corrected chi connectivity index (χ2v) is 3.12. The summed E-state index contributed by atoms with van der Waals surface area (Å²) < 4.78 is 9.93. The van der Waals surface area contributed by atoms with Crippen molar-refractivity contribution in [1.29, 1.82) is 0 Å². The highest BCUT2D eigenvalue weighted by Crippen LogP contribution is 2.28. The Balaban J connectivity index is 2.86. The van der Waals surface area contributed by atoms with E-state index in [9.17, 15) is 9.59 Å². The molecule has 0 unspecified atom stereocenters. The molecule has 0 bridgehead atoms. The molecule has 5 nitrogen and oxygen atoms in total. The number of methoxy groups -OCH3 is 1. The maximum absolute atomic E-state index is 11.0. The van der Waals surface area contributed by atoms with Crippen LogP contribution in [0.2, 0.25) is 0 Å². The fourth-order valence-electron chi connectivity index (χ4n) is 1.51. The number of hydrogen-bond acceptors (Lipinski definition) is 4. The molecule has 1 N–H and O–H groups in total. The van der Waals surface area contributed by atoms with Gasteiger partial charge in [-0.15, -0.1) is 0 Å². The van der Waals surface area contributed by atoms with Gasteiger partial charge < -0.3 is 14.3 Å². The van der Waals surface area contributed by atoms with Crippen LogP contribution in [0.3, 0.4) is 0 Å². The van der Waals surface area contributed by atoms with Crippen LogP contribution in [0, 0.1) is 0 Å². The predicted molar refractivity (Wildman–Crippen MR) is 56.0 cm³/mol. The Labute approximate surface area is 89.9 Å². The van der Waals surface area contributed by atoms with E-state index in [4.69, 9.17) is 14.3 Å². The van der Waals surface area contributed by atoms with E-state index in [0.717, 1.165) is 0 Å². The topological polar surface area (TPSA) is 76.7 Å². The molecule has 1 aromatic carbocycles. The first kappa shape index (κ1) is 10.2. The highest BCUT2D eigenvalue weighted by molar-refractivity contribution is 5.98. The first-order chi connectivity index (χ1) is 7.63. The average molecular weight is 220 g/mol. The van der Waals surface area contributed by atoms with E-state index in [1.54, 1.807) is 0 Å². The van der Waals surface area contributed by atoms with Crippen LogP contribution < -0.4 is 10.4 Å². The van der Waals surface area contributed by atoms with E-state index in [0.29, 0.717) is 11.0 Å². The molecule has 5 heteroatoms. The van der Waals surface area contributed by atoms with Crippen molar-refractivity contribution in [2.75, 3.05) is 7.11 Å². The lowest BCUT2D eigenvalue weighted by atomic mass is 10.1. The monoisotopic (exact) mass is 220 g/mol. The van der Waals surface area contributed by atoms with Crippen molar-refractivity contribution in [3.63, 3.8) is 0 Å². The van der Waals surface area contributed by atoms with Gasteiger partial charge in [0.25, 0.3) is 0 Å². The van der Waals surface area contributed by atoms with E-state index in [-0.39, 0.29) is 11.3 Å². The van der Waals surface area contributed by atoms with Crippen LogP contribution in [-0.4, -0.2) is 18.2 Å². The Morgan fingerprint density at radius 1 is 1.31 bits per heavy atom. The third-order valence-corrected chi connectivity index (χ3v) is 2.19. The van der Waals surface area contributed by atoms with Crippen molar-refractivity contribution < 1.29 is 19.1 Å². The third kappa shape index (κ3) is 1.52. The van der Waals surface area contributed by atoms with Crippen LogP contribution in [0.4, 0.5) is 0 Å². The van der Waals surface area contributed by atoms with Gasteiger partial charge >= 0.3 is 11.6 Å². The van der Waals surface area contributed by atoms with Crippen LogP contribution in [0.15, 0.2) is 33.5 Å². The lowest BCUT2D eigenvalue weighted by Crippen LogP contribution is -2.02. The molecule has 0 aliphatic rings. The molecule has 0 spiro atoms. The lowest BCUT2D eigenvalue weighted by molar-refractivity contribution is 0.0693. The minimum atomic E-state index is -1.09. The van der Waals surface area contributed by atoms with Gasteiger partial charge in [-0.3, -0.25) is 0 Å². The maximum atomic E-state index is 11.0. The Bertz CT molecular complexity index is 611. The number of rotatable bonds is 2. The minimum Gasteiger partial charge on any atom is -0.495 e. The summed E-state index contributed by atoms with van der Waals surface area (Å²) >= 11 is 0. The Kier molecular flexibility index (Phi) is 2.36. The molecular weight excluding hydrogens is 212 g/mol. The van der Waals surface area contributed by atoms with Gasteiger partial charge in [-0.2, -0.15) is 0 Å². The first-order valence-corrected chi connectivity index (χ1v) is 4.47. The van der Waals surface area contributed by atoms with E-state index < -0.39 is 11.6 Å². The molecule has 16 heavy (non-hydrogen) atoms. The van der Waals surface area contributed by atoms with E-state index in [2.05, 4.69) is 0 Å². The predicted octanol–water partition coefficient (Wildman–Crippen LogP) is 1.50.